The second-order valence-corrected chi connectivity index (χ2v) is 11.2. The van der Waals surface area contributed by atoms with Crippen molar-refractivity contribution in [3.63, 3.8) is 0 Å². The Morgan fingerprint density at radius 1 is 0.850 bits per heavy atom. The van der Waals surface area contributed by atoms with Crippen LogP contribution in [0.2, 0.25) is 0 Å². The molecule has 0 aliphatic rings. The summed E-state index contributed by atoms with van der Waals surface area (Å²) in [5, 5.41) is 19.5. The number of hydrogen-bond donors (Lipinski definition) is 1. The van der Waals surface area contributed by atoms with Crippen LogP contribution in [0.4, 0.5) is 0 Å². The fourth-order valence-corrected chi connectivity index (χ4v) is 6.92. The molecule has 0 saturated carbocycles. The highest BCUT2D eigenvalue weighted by atomic mass is 32.1. The fraction of sp³-hybridized carbons (Fsp3) is 0.0303. The average molecular weight is 559 g/mol. The Bertz CT molecular complexity index is 1920. The fourth-order valence-electron chi connectivity index (χ4n) is 4.81. The minimum Gasteiger partial charge on any atom is -0.497 e. The Kier molecular flexibility index (Phi) is 6.79. The Labute approximate surface area is 239 Å². The average Bonchev–Trinajstić information content (AvgIpc) is 3.73. The number of carbonyl (C=O) groups is 1. The first-order valence-corrected chi connectivity index (χ1v) is 14.1. The largest absolute Gasteiger partial charge is 0.497 e. The van der Waals surface area contributed by atoms with Crippen molar-refractivity contribution in [2.24, 2.45) is 0 Å². The van der Waals surface area contributed by atoms with Gasteiger partial charge in [0.1, 0.15) is 17.4 Å². The zero-order chi connectivity index (χ0) is 27.6. The number of thiophene rings is 2. The quantitative estimate of drug-likeness (QED) is 0.157. The number of aromatic nitrogens is 1. The van der Waals surface area contributed by atoms with E-state index >= 15 is 0 Å². The lowest BCUT2D eigenvalue weighted by molar-refractivity contribution is -0.132. The molecule has 0 unspecified atom stereocenters. The third kappa shape index (κ3) is 4.60. The van der Waals surface area contributed by atoms with E-state index in [-0.39, 0.29) is 5.57 Å². The van der Waals surface area contributed by atoms with Gasteiger partial charge in [0, 0.05) is 36.1 Å². The molecule has 0 aliphatic carbocycles. The van der Waals surface area contributed by atoms with Gasteiger partial charge in [-0.2, -0.15) is 5.26 Å². The van der Waals surface area contributed by atoms with Crippen LogP contribution in [0, 0.1) is 11.3 Å². The summed E-state index contributed by atoms with van der Waals surface area (Å²) >= 11 is 3.16. The maximum atomic E-state index is 11.3. The summed E-state index contributed by atoms with van der Waals surface area (Å²) in [5.74, 6) is -0.419. The highest BCUT2D eigenvalue weighted by molar-refractivity contribution is 7.24. The van der Waals surface area contributed by atoms with E-state index in [0.29, 0.717) is 0 Å². The minimum atomic E-state index is -1.22. The number of aliphatic carboxylic acids is 1. The van der Waals surface area contributed by atoms with E-state index in [2.05, 4.69) is 77.4 Å². The Hall–Kier alpha value is -4.90. The molecule has 0 spiro atoms. The van der Waals surface area contributed by atoms with Crippen molar-refractivity contribution in [2.75, 3.05) is 7.11 Å². The number of nitrogens with zero attached hydrogens (tertiary/aromatic N) is 2. The molecule has 0 aliphatic heterocycles. The molecule has 3 aromatic carbocycles. The van der Waals surface area contributed by atoms with E-state index in [9.17, 15) is 9.90 Å². The maximum Gasteiger partial charge on any atom is 0.346 e. The molecule has 0 radical (unpaired) electrons. The third-order valence-electron chi connectivity index (χ3n) is 6.61. The third-order valence-corrected chi connectivity index (χ3v) is 8.94. The van der Waals surface area contributed by atoms with Crippen molar-refractivity contribution in [3.05, 3.63) is 114 Å². The first kappa shape index (κ1) is 25.4. The second kappa shape index (κ2) is 10.7. The van der Waals surface area contributed by atoms with Crippen LogP contribution in [0.25, 0.3) is 54.1 Å². The number of benzene rings is 3. The number of carboxylic acids is 1. The number of para-hydroxylation sites is 1. The molecule has 3 heterocycles. The maximum absolute atomic E-state index is 11.3. The highest BCUT2D eigenvalue weighted by Crippen LogP contribution is 2.47. The van der Waals surface area contributed by atoms with Gasteiger partial charge in [-0.15, -0.1) is 22.7 Å². The summed E-state index contributed by atoms with van der Waals surface area (Å²) in [5.41, 5.74) is 5.25. The number of methoxy groups -OCH3 is 1. The first-order valence-electron chi connectivity index (χ1n) is 12.5. The van der Waals surface area contributed by atoms with Crippen molar-refractivity contribution in [1.29, 1.82) is 5.26 Å². The topological polar surface area (TPSA) is 75.2 Å². The van der Waals surface area contributed by atoms with Crippen molar-refractivity contribution in [3.8, 4) is 49.0 Å². The van der Waals surface area contributed by atoms with Gasteiger partial charge in [-0.25, -0.2) is 4.79 Å². The number of carboxylic acid groups (broad SMARTS) is 1. The molecule has 194 valence electrons. The van der Waals surface area contributed by atoms with Gasteiger partial charge in [0.15, 0.2) is 0 Å². The molecule has 5 nitrogen and oxygen atoms in total. The predicted octanol–water partition coefficient (Wildman–Crippen LogP) is 8.75. The van der Waals surface area contributed by atoms with Gasteiger partial charge in [-0.3, -0.25) is 0 Å². The van der Waals surface area contributed by atoms with E-state index in [1.54, 1.807) is 24.5 Å². The van der Waals surface area contributed by atoms with Crippen molar-refractivity contribution in [1.82, 2.24) is 4.57 Å². The monoisotopic (exact) mass is 558 g/mol. The van der Waals surface area contributed by atoms with Gasteiger partial charge >= 0.3 is 5.97 Å². The SMILES string of the molecule is COc1ccc(-n2c(-c3ccccc3)c(-c3ccc(-c4ccc(/C=C(/C#N)C(=O)O)s4)s3)c3ccccc32)cc1. The summed E-state index contributed by atoms with van der Waals surface area (Å²) in [7, 11) is 1.67. The molecule has 0 amide bonds. The lowest BCUT2D eigenvalue weighted by Crippen LogP contribution is -1.97. The molecule has 0 fully saturated rings. The highest BCUT2D eigenvalue weighted by Gasteiger charge is 2.22. The van der Waals surface area contributed by atoms with Gasteiger partial charge in [-0.1, -0.05) is 48.5 Å². The van der Waals surface area contributed by atoms with E-state index in [0.717, 1.165) is 58.7 Å². The Morgan fingerprint density at radius 3 is 2.25 bits per heavy atom. The molecule has 7 heteroatoms. The molecule has 1 N–H and O–H groups in total. The van der Waals surface area contributed by atoms with E-state index < -0.39 is 5.97 Å². The molecule has 3 aromatic heterocycles. The zero-order valence-electron chi connectivity index (χ0n) is 21.4. The number of nitriles is 1. The van der Waals surface area contributed by atoms with E-state index in [1.165, 1.54) is 17.4 Å². The lowest BCUT2D eigenvalue weighted by Gasteiger charge is -2.13. The standard InChI is InChI=1S/C33H22N2O3S2/c1-38-24-13-11-23(12-14-24)35-27-10-6-5-9-26(27)31(32(35)21-7-3-2-4-8-21)30-18-17-29(40-30)28-16-15-25(39-28)19-22(20-34)33(36)37/h2-19H,1H3,(H,36,37)/b22-19-. The van der Waals surface area contributed by atoms with Crippen molar-refractivity contribution < 1.29 is 14.6 Å². The molecular formula is C33H22N2O3S2. The Morgan fingerprint density at radius 2 is 1.52 bits per heavy atom. The van der Waals surface area contributed by atoms with Crippen molar-refractivity contribution in [2.45, 2.75) is 0 Å². The van der Waals surface area contributed by atoms with Crippen molar-refractivity contribution >= 4 is 45.6 Å². The van der Waals surface area contributed by atoms with Crippen LogP contribution in [0.1, 0.15) is 4.88 Å². The van der Waals surface area contributed by atoms with Gasteiger partial charge < -0.3 is 14.4 Å². The first-order chi connectivity index (χ1) is 19.6. The second-order valence-electron chi connectivity index (χ2n) is 8.98. The summed E-state index contributed by atoms with van der Waals surface area (Å²) in [4.78, 5) is 15.2. The number of ether oxygens (including phenoxy) is 1. The normalized spacial score (nSPS) is 11.4. The molecule has 40 heavy (non-hydrogen) atoms. The Balaban J connectivity index is 1.53. The molecule has 6 rings (SSSR count). The van der Waals surface area contributed by atoms with Gasteiger partial charge in [0.05, 0.1) is 18.3 Å². The zero-order valence-corrected chi connectivity index (χ0v) is 23.0. The van der Waals surface area contributed by atoms with Crippen LogP contribution < -0.4 is 4.74 Å². The minimum absolute atomic E-state index is 0.279. The number of rotatable bonds is 7. The van der Waals surface area contributed by atoms with Gasteiger partial charge in [0.2, 0.25) is 0 Å². The number of fused-ring (bicyclic) bond motifs is 1. The molecule has 0 bridgehead atoms. The van der Waals surface area contributed by atoms with E-state index in [4.69, 9.17) is 10.00 Å². The van der Waals surface area contributed by atoms with Crippen LogP contribution in [0.5, 0.6) is 5.75 Å². The van der Waals surface area contributed by atoms with Crippen LogP contribution in [0.3, 0.4) is 0 Å². The smallest absolute Gasteiger partial charge is 0.346 e. The molecule has 6 aromatic rings. The number of hydrogen-bond acceptors (Lipinski definition) is 5. The molecule has 0 atom stereocenters. The lowest BCUT2D eigenvalue weighted by atomic mass is 10.0. The summed E-state index contributed by atoms with van der Waals surface area (Å²) in [6.45, 7) is 0. The summed E-state index contributed by atoms with van der Waals surface area (Å²) in [6, 6.07) is 36.8. The van der Waals surface area contributed by atoms with Crippen LogP contribution in [0.15, 0.2) is 109 Å². The van der Waals surface area contributed by atoms with Crippen LogP contribution in [-0.4, -0.2) is 22.8 Å². The van der Waals surface area contributed by atoms with Gasteiger partial charge in [-0.05, 0) is 66.2 Å². The summed E-state index contributed by atoms with van der Waals surface area (Å²) in [6.07, 6.45) is 1.42. The molecular weight excluding hydrogens is 537 g/mol. The van der Waals surface area contributed by atoms with Crippen LogP contribution >= 0.6 is 22.7 Å². The molecule has 0 saturated heterocycles. The van der Waals surface area contributed by atoms with Crippen LogP contribution in [-0.2, 0) is 4.79 Å². The van der Waals surface area contributed by atoms with E-state index in [1.807, 2.05) is 30.3 Å². The summed E-state index contributed by atoms with van der Waals surface area (Å²) < 4.78 is 7.72. The van der Waals surface area contributed by atoms with Gasteiger partial charge in [0.25, 0.3) is 0 Å². The predicted molar refractivity (Wildman–Crippen MR) is 163 cm³/mol.